The molecule has 0 heterocycles. The van der Waals surface area contributed by atoms with E-state index in [1.807, 2.05) is 25.2 Å². The SMILES string of the molecule is CN(CCCc1ccccc1)C(=O)C1CCC(C(=O)O)C1. The number of benzene rings is 1. The van der Waals surface area contributed by atoms with Gasteiger partial charge in [-0.15, -0.1) is 0 Å². The van der Waals surface area contributed by atoms with Crippen LogP contribution in [0.15, 0.2) is 30.3 Å². The first kappa shape index (κ1) is 15.5. The van der Waals surface area contributed by atoms with E-state index in [1.54, 1.807) is 4.90 Å². The summed E-state index contributed by atoms with van der Waals surface area (Å²) in [5.74, 6) is -1.10. The number of nitrogens with zero attached hydrogens (tertiary/aromatic N) is 1. The molecule has 0 bridgehead atoms. The Morgan fingerprint density at radius 1 is 1.19 bits per heavy atom. The maximum Gasteiger partial charge on any atom is 0.306 e. The highest BCUT2D eigenvalue weighted by Crippen LogP contribution is 2.32. The van der Waals surface area contributed by atoms with Crippen LogP contribution in [-0.4, -0.2) is 35.5 Å². The number of rotatable bonds is 6. The minimum absolute atomic E-state index is 0.104. The van der Waals surface area contributed by atoms with Gasteiger partial charge in [-0.05, 0) is 37.7 Å². The second-order valence-electron chi connectivity index (χ2n) is 5.89. The van der Waals surface area contributed by atoms with Crippen molar-refractivity contribution in [1.29, 1.82) is 0 Å². The number of carbonyl (C=O) groups excluding carboxylic acids is 1. The molecule has 1 aromatic rings. The summed E-state index contributed by atoms with van der Waals surface area (Å²) >= 11 is 0. The molecule has 1 aliphatic carbocycles. The van der Waals surface area contributed by atoms with Gasteiger partial charge < -0.3 is 10.0 Å². The topological polar surface area (TPSA) is 57.6 Å². The molecule has 4 nitrogen and oxygen atoms in total. The third kappa shape index (κ3) is 4.31. The van der Waals surface area contributed by atoms with Crippen molar-refractivity contribution in [3.8, 4) is 0 Å². The lowest BCUT2D eigenvalue weighted by Gasteiger charge is -2.21. The molecule has 1 aliphatic rings. The van der Waals surface area contributed by atoms with Crippen LogP contribution in [-0.2, 0) is 16.0 Å². The largest absolute Gasteiger partial charge is 0.481 e. The van der Waals surface area contributed by atoms with Gasteiger partial charge in [0.25, 0.3) is 0 Å². The van der Waals surface area contributed by atoms with Crippen molar-refractivity contribution < 1.29 is 14.7 Å². The van der Waals surface area contributed by atoms with Gasteiger partial charge in [0, 0.05) is 19.5 Å². The maximum absolute atomic E-state index is 12.3. The fourth-order valence-electron chi connectivity index (χ4n) is 3.02. The Bertz CT molecular complexity index is 486. The van der Waals surface area contributed by atoms with Crippen LogP contribution >= 0.6 is 0 Å². The molecule has 1 saturated carbocycles. The summed E-state index contributed by atoms with van der Waals surface area (Å²) in [5, 5.41) is 8.99. The lowest BCUT2D eigenvalue weighted by molar-refractivity contribution is -0.141. The van der Waals surface area contributed by atoms with Crippen LogP contribution in [0.4, 0.5) is 0 Å². The number of carbonyl (C=O) groups is 2. The smallest absolute Gasteiger partial charge is 0.306 e. The van der Waals surface area contributed by atoms with Crippen LogP contribution < -0.4 is 0 Å². The minimum Gasteiger partial charge on any atom is -0.481 e. The van der Waals surface area contributed by atoms with Gasteiger partial charge in [-0.2, -0.15) is 0 Å². The standard InChI is InChI=1S/C17H23NO3/c1-18(11-5-8-13-6-3-2-4-7-13)16(19)14-9-10-15(12-14)17(20)21/h2-4,6-7,14-15H,5,8-12H2,1H3,(H,20,21). The third-order valence-corrected chi connectivity index (χ3v) is 4.31. The summed E-state index contributed by atoms with van der Waals surface area (Å²) in [5.41, 5.74) is 1.28. The lowest BCUT2D eigenvalue weighted by Crippen LogP contribution is -2.33. The number of aryl methyl sites for hydroxylation is 1. The number of aliphatic carboxylic acids is 1. The zero-order valence-electron chi connectivity index (χ0n) is 12.5. The highest BCUT2D eigenvalue weighted by molar-refractivity contribution is 5.80. The number of carboxylic acid groups (broad SMARTS) is 1. The molecule has 1 amide bonds. The molecule has 1 N–H and O–H groups in total. The second kappa shape index (κ2) is 7.25. The third-order valence-electron chi connectivity index (χ3n) is 4.31. The first-order chi connectivity index (χ1) is 10.1. The van der Waals surface area contributed by atoms with Crippen molar-refractivity contribution in [1.82, 2.24) is 4.90 Å². The molecule has 2 unspecified atom stereocenters. The van der Waals surface area contributed by atoms with Gasteiger partial charge in [0.05, 0.1) is 5.92 Å². The Morgan fingerprint density at radius 3 is 2.48 bits per heavy atom. The number of hydrogen-bond acceptors (Lipinski definition) is 2. The van der Waals surface area contributed by atoms with E-state index in [2.05, 4.69) is 12.1 Å². The van der Waals surface area contributed by atoms with E-state index in [4.69, 9.17) is 5.11 Å². The van der Waals surface area contributed by atoms with Crippen molar-refractivity contribution in [2.45, 2.75) is 32.1 Å². The van der Waals surface area contributed by atoms with Crippen LogP contribution in [0.3, 0.4) is 0 Å². The Kier molecular flexibility index (Phi) is 5.37. The van der Waals surface area contributed by atoms with E-state index in [-0.39, 0.29) is 17.7 Å². The monoisotopic (exact) mass is 289 g/mol. The summed E-state index contributed by atoms with van der Waals surface area (Å²) in [4.78, 5) is 25.0. The number of amides is 1. The predicted octanol–water partition coefficient (Wildman–Crippen LogP) is 2.58. The Labute approximate surface area is 125 Å². The Morgan fingerprint density at radius 2 is 1.86 bits per heavy atom. The van der Waals surface area contributed by atoms with Crippen LogP contribution in [0.2, 0.25) is 0 Å². The van der Waals surface area contributed by atoms with Gasteiger partial charge >= 0.3 is 5.97 Å². The summed E-state index contributed by atoms with van der Waals surface area (Å²) in [6, 6.07) is 10.2. The van der Waals surface area contributed by atoms with Crippen molar-refractivity contribution in [3.63, 3.8) is 0 Å². The first-order valence-electron chi connectivity index (χ1n) is 7.59. The lowest BCUT2D eigenvalue weighted by atomic mass is 10.0. The van der Waals surface area contributed by atoms with Crippen LogP contribution in [0.1, 0.15) is 31.2 Å². The molecule has 1 fully saturated rings. The van der Waals surface area contributed by atoms with Crippen molar-refractivity contribution in [3.05, 3.63) is 35.9 Å². The molecule has 0 spiro atoms. The molecular weight excluding hydrogens is 266 g/mol. The van der Waals surface area contributed by atoms with Crippen molar-refractivity contribution >= 4 is 11.9 Å². The van der Waals surface area contributed by atoms with E-state index in [1.165, 1.54) is 5.56 Å². The highest BCUT2D eigenvalue weighted by Gasteiger charge is 2.34. The quantitative estimate of drug-likeness (QED) is 0.875. The molecule has 2 atom stereocenters. The minimum atomic E-state index is -0.767. The van der Waals surface area contributed by atoms with Gasteiger partial charge in [0.2, 0.25) is 5.91 Å². The normalized spacial score (nSPS) is 21.2. The zero-order valence-corrected chi connectivity index (χ0v) is 12.5. The molecule has 114 valence electrons. The van der Waals surface area contributed by atoms with E-state index >= 15 is 0 Å². The van der Waals surface area contributed by atoms with Crippen LogP contribution in [0.25, 0.3) is 0 Å². The molecule has 1 aromatic carbocycles. The molecule has 0 aromatic heterocycles. The molecule has 0 radical (unpaired) electrons. The average molecular weight is 289 g/mol. The van der Waals surface area contributed by atoms with E-state index in [9.17, 15) is 9.59 Å². The van der Waals surface area contributed by atoms with Crippen molar-refractivity contribution in [2.24, 2.45) is 11.8 Å². The summed E-state index contributed by atoms with van der Waals surface area (Å²) in [6.07, 6.45) is 3.72. The second-order valence-corrected chi connectivity index (χ2v) is 5.89. The average Bonchev–Trinajstić information content (AvgIpc) is 2.97. The molecule has 0 aliphatic heterocycles. The molecular formula is C17H23NO3. The van der Waals surface area contributed by atoms with E-state index < -0.39 is 5.97 Å². The van der Waals surface area contributed by atoms with Crippen LogP contribution in [0, 0.1) is 11.8 Å². The van der Waals surface area contributed by atoms with Gasteiger partial charge in [-0.25, -0.2) is 0 Å². The summed E-state index contributed by atoms with van der Waals surface area (Å²) in [7, 11) is 1.82. The van der Waals surface area contributed by atoms with Gasteiger partial charge in [0.1, 0.15) is 0 Å². The Balaban J connectivity index is 1.74. The number of hydrogen-bond donors (Lipinski definition) is 1. The first-order valence-corrected chi connectivity index (χ1v) is 7.59. The van der Waals surface area contributed by atoms with Crippen LogP contribution in [0.5, 0.6) is 0 Å². The van der Waals surface area contributed by atoms with Gasteiger partial charge in [-0.1, -0.05) is 30.3 Å². The molecule has 4 heteroatoms. The van der Waals surface area contributed by atoms with Gasteiger partial charge in [0.15, 0.2) is 0 Å². The van der Waals surface area contributed by atoms with E-state index in [0.29, 0.717) is 19.3 Å². The van der Waals surface area contributed by atoms with Crippen molar-refractivity contribution in [2.75, 3.05) is 13.6 Å². The summed E-state index contributed by atoms with van der Waals surface area (Å²) < 4.78 is 0. The fraction of sp³-hybridized carbons (Fsp3) is 0.529. The fourth-order valence-corrected chi connectivity index (χ4v) is 3.02. The number of carboxylic acids is 1. The highest BCUT2D eigenvalue weighted by atomic mass is 16.4. The summed E-state index contributed by atoms with van der Waals surface area (Å²) in [6.45, 7) is 0.724. The predicted molar refractivity (Wildman–Crippen MR) is 80.9 cm³/mol. The van der Waals surface area contributed by atoms with E-state index in [0.717, 1.165) is 19.4 Å². The zero-order chi connectivity index (χ0) is 15.2. The van der Waals surface area contributed by atoms with Gasteiger partial charge in [-0.3, -0.25) is 9.59 Å². The Hall–Kier alpha value is -1.84. The molecule has 0 saturated heterocycles. The molecule has 2 rings (SSSR count). The maximum atomic E-state index is 12.3. The molecule has 21 heavy (non-hydrogen) atoms.